The highest BCUT2D eigenvalue weighted by Gasteiger charge is 2.40. The predicted molar refractivity (Wildman–Crippen MR) is 126 cm³/mol. The summed E-state index contributed by atoms with van der Waals surface area (Å²) < 4.78 is 83.6. The Morgan fingerprint density at radius 3 is 2.46 bits per heavy atom. The quantitative estimate of drug-likeness (QED) is 0.412. The summed E-state index contributed by atoms with van der Waals surface area (Å²) >= 11 is 0. The van der Waals surface area contributed by atoms with Gasteiger partial charge in [-0.15, -0.1) is 4.99 Å². The number of hydrogen-bond acceptors (Lipinski definition) is 4. The predicted octanol–water partition coefficient (Wildman–Crippen LogP) is 3.32. The first-order valence-corrected chi connectivity index (χ1v) is 11.2. The number of carbonyl (C=O) groups excluding carboxylic acids is 1. The molecule has 39 heavy (non-hydrogen) atoms. The van der Waals surface area contributed by atoms with E-state index in [0.717, 1.165) is 13.0 Å². The number of alkyl halides is 3. The van der Waals surface area contributed by atoms with Crippen LogP contribution < -0.4 is 21.0 Å². The molecular formula is C23H18F6N6O4. The number of guanidine groups is 1. The lowest BCUT2D eigenvalue weighted by molar-refractivity contribution is -0.153. The summed E-state index contributed by atoms with van der Waals surface area (Å²) in [7, 11) is 0. The number of hydrogen-bond donors (Lipinski definition) is 3. The number of amides is 2. The van der Waals surface area contributed by atoms with Crippen molar-refractivity contribution in [3.8, 4) is 5.69 Å². The summed E-state index contributed by atoms with van der Waals surface area (Å²) in [6, 6.07) is 0.657. The molecule has 1 aromatic carbocycles. The van der Waals surface area contributed by atoms with Gasteiger partial charge in [-0.1, -0.05) is 6.92 Å². The zero-order valence-electron chi connectivity index (χ0n) is 19.8. The van der Waals surface area contributed by atoms with Gasteiger partial charge in [0.2, 0.25) is 11.4 Å². The summed E-state index contributed by atoms with van der Waals surface area (Å²) in [5, 5.41) is 13.0. The van der Waals surface area contributed by atoms with Gasteiger partial charge in [-0.3, -0.25) is 19.1 Å². The number of nitrogens with one attached hydrogen (secondary N) is 2. The SMILES string of the molecule is CCC(NC(=O)c1cn(-c2c(F)cc(F)cc2F)c2nc(N3CCNC3=NC(=O)O)ccc2c1=O)C(F)(F)F. The lowest BCUT2D eigenvalue weighted by Crippen LogP contribution is -2.46. The molecule has 2 amide bonds. The second kappa shape index (κ2) is 10.3. The summed E-state index contributed by atoms with van der Waals surface area (Å²) in [6.45, 7) is 1.56. The fourth-order valence-corrected chi connectivity index (χ4v) is 3.99. The van der Waals surface area contributed by atoms with Crippen LogP contribution in [0, 0.1) is 17.5 Å². The fourth-order valence-electron chi connectivity index (χ4n) is 3.99. The molecule has 4 rings (SSSR count). The van der Waals surface area contributed by atoms with Gasteiger partial charge in [0.25, 0.3) is 5.91 Å². The van der Waals surface area contributed by atoms with Crippen molar-refractivity contribution in [2.45, 2.75) is 25.6 Å². The average Bonchev–Trinajstić information content (AvgIpc) is 3.29. The molecular weight excluding hydrogens is 538 g/mol. The number of fused-ring (bicyclic) bond motifs is 1. The molecule has 0 bridgehead atoms. The van der Waals surface area contributed by atoms with Crippen LogP contribution in [0.3, 0.4) is 0 Å². The monoisotopic (exact) mass is 556 g/mol. The number of aliphatic imine (C=N–C) groups is 1. The number of carbonyl (C=O) groups is 2. The second-order valence-electron chi connectivity index (χ2n) is 8.27. The van der Waals surface area contributed by atoms with E-state index in [9.17, 15) is 40.7 Å². The maximum absolute atomic E-state index is 14.8. The fraction of sp³-hybridized carbons (Fsp3) is 0.261. The van der Waals surface area contributed by atoms with Crippen LogP contribution >= 0.6 is 0 Å². The third-order valence-electron chi connectivity index (χ3n) is 5.76. The first kappa shape index (κ1) is 27.4. The molecule has 10 nitrogen and oxygen atoms in total. The van der Waals surface area contributed by atoms with E-state index in [4.69, 9.17) is 5.11 Å². The number of pyridine rings is 2. The minimum absolute atomic E-state index is 0.0242. The summed E-state index contributed by atoms with van der Waals surface area (Å²) in [4.78, 5) is 45.9. The van der Waals surface area contributed by atoms with Crippen molar-refractivity contribution in [2.24, 2.45) is 4.99 Å². The average molecular weight is 556 g/mol. The minimum atomic E-state index is -4.84. The van der Waals surface area contributed by atoms with E-state index < -0.39 is 75.8 Å². The Bertz CT molecular complexity index is 1550. The smallest absolute Gasteiger partial charge is 0.434 e. The van der Waals surface area contributed by atoms with Gasteiger partial charge in [0.15, 0.2) is 17.3 Å². The Morgan fingerprint density at radius 1 is 1.21 bits per heavy atom. The number of anilines is 1. The van der Waals surface area contributed by atoms with Crippen molar-refractivity contribution in [1.82, 2.24) is 20.2 Å². The van der Waals surface area contributed by atoms with Gasteiger partial charge < -0.3 is 15.7 Å². The Hall–Kier alpha value is -4.63. The van der Waals surface area contributed by atoms with Crippen LogP contribution in [0.25, 0.3) is 16.7 Å². The molecule has 3 aromatic rings. The summed E-state index contributed by atoms with van der Waals surface area (Å²) in [5.41, 5.74) is -3.42. The molecule has 1 saturated heterocycles. The Labute approximate surface area is 214 Å². The zero-order chi connectivity index (χ0) is 28.6. The molecule has 1 fully saturated rings. The van der Waals surface area contributed by atoms with Gasteiger partial charge >= 0.3 is 12.3 Å². The molecule has 3 heterocycles. The maximum Gasteiger partial charge on any atom is 0.434 e. The van der Waals surface area contributed by atoms with Crippen LogP contribution in [0.5, 0.6) is 0 Å². The second-order valence-corrected chi connectivity index (χ2v) is 8.27. The topological polar surface area (TPSA) is 129 Å². The van der Waals surface area contributed by atoms with E-state index in [0.29, 0.717) is 22.9 Å². The van der Waals surface area contributed by atoms with Gasteiger partial charge in [-0.2, -0.15) is 13.2 Å². The molecule has 2 aromatic heterocycles. The Balaban J connectivity index is 1.97. The van der Waals surface area contributed by atoms with E-state index in [1.54, 1.807) is 5.32 Å². The maximum atomic E-state index is 14.8. The first-order chi connectivity index (χ1) is 18.3. The third kappa shape index (κ3) is 5.35. The lowest BCUT2D eigenvalue weighted by atomic mass is 10.1. The van der Waals surface area contributed by atoms with Crippen molar-refractivity contribution in [3.63, 3.8) is 0 Å². The number of nitrogens with zero attached hydrogens (tertiary/aromatic N) is 4. The molecule has 1 aliphatic rings. The molecule has 0 aliphatic carbocycles. The van der Waals surface area contributed by atoms with Gasteiger partial charge in [-0.25, -0.2) is 22.9 Å². The van der Waals surface area contributed by atoms with Gasteiger partial charge in [0.05, 0.1) is 5.39 Å². The van der Waals surface area contributed by atoms with Crippen LogP contribution in [0.4, 0.5) is 37.0 Å². The highest BCUT2D eigenvalue weighted by molar-refractivity contribution is 6.03. The minimum Gasteiger partial charge on any atom is -0.463 e. The van der Waals surface area contributed by atoms with E-state index in [-0.39, 0.29) is 24.9 Å². The summed E-state index contributed by atoms with van der Waals surface area (Å²) in [6.07, 6.45) is -6.33. The van der Waals surface area contributed by atoms with Crippen LogP contribution in [-0.4, -0.2) is 57.9 Å². The van der Waals surface area contributed by atoms with E-state index in [2.05, 4.69) is 15.3 Å². The van der Waals surface area contributed by atoms with Crippen LogP contribution in [0.15, 0.2) is 40.2 Å². The molecule has 0 radical (unpaired) electrons. The number of carboxylic acid groups (broad SMARTS) is 1. The molecule has 16 heteroatoms. The van der Waals surface area contributed by atoms with E-state index in [1.165, 1.54) is 11.0 Å². The highest BCUT2D eigenvalue weighted by atomic mass is 19.4. The first-order valence-electron chi connectivity index (χ1n) is 11.2. The van der Waals surface area contributed by atoms with Crippen LogP contribution in [0.1, 0.15) is 23.7 Å². The van der Waals surface area contributed by atoms with Crippen molar-refractivity contribution in [2.75, 3.05) is 18.0 Å². The molecule has 3 N–H and O–H groups in total. The molecule has 0 saturated carbocycles. The number of halogens is 6. The molecule has 0 spiro atoms. The standard InChI is InChI=1S/C23H18F6N6O4/c1-2-15(23(27,28)29)31-20(37)12-9-35(17-13(25)7-10(24)8-14(17)26)19-11(18(12)36)3-4-16(32-19)34-6-5-30-21(34)33-22(38)39/h3-4,7-9,15H,2,5-6H2,1H3,(H,30,33)(H,31,37)(H,38,39). The van der Waals surface area contributed by atoms with Gasteiger partial charge in [-0.05, 0) is 18.6 Å². The largest absolute Gasteiger partial charge is 0.463 e. The van der Waals surface area contributed by atoms with Gasteiger partial charge in [0.1, 0.15) is 28.9 Å². The molecule has 1 atom stereocenters. The lowest BCUT2D eigenvalue weighted by Gasteiger charge is -2.21. The van der Waals surface area contributed by atoms with Crippen LogP contribution in [0.2, 0.25) is 0 Å². The van der Waals surface area contributed by atoms with E-state index >= 15 is 0 Å². The summed E-state index contributed by atoms with van der Waals surface area (Å²) in [5.74, 6) is -5.83. The normalized spacial score (nSPS) is 15.5. The van der Waals surface area contributed by atoms with Crippen molar-refractivity contribution in [1.29, 1.82) is 0 Å². The number of rotatable bonds is 5. The van der Waals surface area contributed by atoms with Crippen LogP contribution in [-0.2, 0) is 0 Å². The molecule has 206 valence electrons. The number of aromatic nitrogens is 2. The Morgan fingerprint density at radius 2 is 1.87 bits per heavy atom. The van der Waals surface area contributed by atoms with Crippen molar-refractivity contribution < 1.29 is 41.0 Å². The van der Waals surface area contributed by atoms with Crippen molar-refractivity contribution in [3.05, 3.63) is 63.7 Å². The third-order valence-corrected chi connectivity index (χ3v) is 5.76. The Kier molecular flexibility index (Phi) is 7.21. The number of benzene rings is 1. The molecule has 1 unspecified atom stereocenters. The van der Waals surface area contributed by atoms with Crippen molar-refractivity contribution >= 4 is 34.8 Å². The molecule has 1 aliphatic heterocycles. The van der Waals surface area contributed by atoms with E-state index in [1.807, 2.05) is 0 Å². The zero-order valence-corrected chi connectivity index (χ0v) is 19.8. The highest BCUT2D eigenvalue weighted by Crippen LogP contribution is 2.26. The van der Waals surface area contributed by atoms with Gasteiger partial charge in [0, 0.05) is 31.4 Å².